The smallest absolute Gasteiger partial charge is 0.142 e. The monoisotopic (exact) mass is 259 g/mol. The number of hydrogen-bond donors (Lipinski definition) is 0. The first kappa shape index (κ1) is 12.3. The summed E-state index contributed by atoms with van der Waals surface area (Å²) in [5.74, 6) is 2.60. The van der Waals surface area contributed by atoms with E-state index in [2.05, 4.69) is 21.2 Å². The maximum atomic E-state index is 4.65. The van der Waals surface area contributed by atoms with Gasteiger partial charge in [0.15, 0.2) is 0 Å². The average Bonchev–Trinajstić information content (AvgIpc) is 2.79. The molecule has 4 heterocycles. The van der Waals surface area contributed by atoms with E-state index in [4.69, 9.17) is 0 Å². The fraction of sp³-hybridized carbons (Fsp3) is 0.818. The number of aryl methyl sites for hydroxylation is 1. The van der Waals surface area contributed by atoms with E-state index in [9.17, 15) is 0 Å². The van der Waals surface area contributed by atoms with Gasteiger partial charge in [0.2, 0.25) is 0 Å². The van der Waals surface area contributed by atoms with E-state index in [0.717, 1.165) is 18.2 Å². The lowest BCUT2D eigenvalue weighted by Gasteiger charge is -2.43. The van der Waals surface area contributed by atoms with Crippen molar-refractivity contribution in [1.82, 2.24) is 14.3 Å². The molecule has 1 atom stereocenters. The van der Waals surface area contributed by atoms with Crippen LogP contribution in [-0.2, 0) is 6.42 Å². The first-order valence-electron chi connectivity index (χ1n) is 5.91. The van der Waals surface area contributed by atoms with Gasteiger partial charge >= 0.3 is 0 Å². The maximum absolute atomic E-state index is 4.65. The third kappa shape index (κ3) is 2.11. The Kier molecular flexibility index (Phi) is 3.82. The van der Waals surface area contributed by atoms with Crippen LogP contribution >= 0.6 is 23.9 Å². The van der Waals surface area contributed by atoms with Crippen LogP contribution in [0.5, 0.6) is 0 Å². The van der Waals surface area contributed by atoms with Crippen molar-refractivity contribution in [1.29, 1.82) is 0 Å². The van der Waals surface area contributed by atoms with Gasteiger partial charge in [0.25, 0.3) is 0 Å². The third-order valence-corrected chi connectivity index (χ3v) is 4.66. The summed E-state index contributed by atoms with van der Waals surface area (Å²) in [5, 5.41) is 1.29. The Labute approximate surface area is 107 Å². The second-order valence-electron chi connectivity index (χ2n) is 4.65. The van der Waals surface area contributed by atoms with Crippen LogP contribution in [0, 0.1) is 5.92 Å². The largest absolute Gasteiger partial charge is 0.303 e. The predicted molar refractivity (Wildman–Crippen MR) is 68.4 cm³/mol. The molecule has 90 valence electrons. The Balaban J connectivity index is 0.000000963. The maximum Gasteiger partial charge on any atom is 0.142 e. The Morgan fingerprint density at radius 1 is 1.38 bits per heavy atom. The lowest BCUT2D eigenvalue weighted by Crippen LogP contribution is -2.46. The molecule has 1 unspecified atom stereocenters. The summed E-state index contributed by atoms with van der Waals surface area (Å²) in [6.45, 7) is 5.96. The summed E-state index contributed by atoms with van der Waals surface area (Å²) in [6.07, 6.45) is 3.70. The van der Waals surface area contributed by atoms with Crippen molar-refractivity contribution in [2.45, 2.75) is 32.1 Å². The second kappa shape index (κ2) is 4.98. The summed E-state index contributed by atoms with van der Waals surface area (Å²) in [4.78, 5) is 7.23. The zero-order valence-corrected chi connectivity index (χ0v) is 11.2. The molecule has 3 aliphatic rings. The zero-order valence-electron chi connectivity index (χ0n) is 9.56. The minimum absolute atomic E-state index is 0. The summed E-state index contributed by atoms with van der Waals surface area (Å²) < 4.78 is 4.41. The van der Waals surface area contributed by atoms with E-state index in [1.165, 1.54) is 37.5 Å². The highest BCUT2D eigenvalue weighted by Crippen LogP contribution is 2.39. The Hall–Kier alpha value is -0.190. The van der Waals surface area contributed by atoms with E-state index >= 15 is 0 Å². The molecule has 0 aliphatic carbocycles. The number of halogens is 1. The molecule has 4 rings (SSSR count). The summed E-state index contributed by atoms with van der Waals surface area (Å²) in [6, 6.07) is 0. The summed E-state index contributed by atoms with van der Waals surface area (Å²) >= 11 is 1.63. The van der Waals surface area contributed by atoms with Crippen LogP contribution in [0.4, 0.5) is 0 Å². The summed E-state index contributed by atoms with van der Waals surface area (Å²) in [7, 11) is 0. The van der Waals surface area contributed by atoms with Gasteiger partial charge in [-0.3, -0.25) is 0 Å². The normalized spacial score (nSPS) is 32.4. The van der Waals surface area contributed by atoms with Crippen molar-refractivity contribution >= 4 is 23.9 Å². The number of piperidine rings is 3. The van der Waals surface area contributed by atoms with Crippen LogP contribution in [0.15, 0.2) is 0 Å². The van der Waals surface area contributed by atoms with Gasteiger partial charge in [-0.15, -0.1) is 12.4 Å². The van der Waals surface area contributed by atoms with Gasteiger partial charge in [-0.25, -0.2) is 4.98 Å². The first-order chi connectivity index (χ1) is 7.36. The molecule has 3 aliphatic heterocycles. The Morgan fingerprint density at radius 2 is 2.12 bits per heavy atom. The third-order valence-electron chi connectivity index (χ3n) is 3.77. The van der Waals surface area contributed by atoms with Gasteiger partial charge in [-0.2, -0.15) is 4.37 Å². The Morgan fingerprint density at radius 3 is 2.62 bits per heavy atom. The van der Waals surface area contributed by atoms with Gasteiger partial charge in [0.1, 0.15) is 10.8 Å². The zero-order chi connectivity index (χ0) is 10.3. The number of hydrogen-bond acceptors (Lipinski definition) is 4. The highest BCUT2D eigenvalue weighted by atomic mass is 35.5. The van der Waals surface area contributed by atoms with Crippen molar-refractivity contribution in [2.75, 3.05) is 19.6 Å². The van der Waals surface area contributed by atoms with Crippen molar-refractivity contribution in [3.8, 4) is 0 Å². The number of nitrogens with zero attached hydrogens (tertiary/aromatic N) is 3. The molecular formula is C11H18ClN3S. The SMILES string of the molecule is CCc1nsc(C2CN3CCC2CC3)n1.Cl. The molecule has 3 nitrogen and oxygen atoms in total. The number of aromatic nitrogens is 2. The summed E-state index contributed by atoms with van der Waals surface area (Å²) in [5.41, 5.74) is 0. The molecule has 5 heteroatoms. The molecule has 0 N–H and O–H groups in total. The van der Waals surface area contributed by atoms with Crippen molar-refractivity contribution in [2.24, 2.45) is 5.92 Å². The molecule has 2 bridgehead atoms. The molecule has 0 saturated carbocycles. The van der Waals surface area contributed by atoms with E-state index in [1.807, 2.05) is 0 Å². The number of rotatable bonds is 2. The van der Waals surface area contributed by atoms with Crippen LogP contribution in [-0.4, -0.2) is 33.9 Å². The minimum atomic E-state index is 0. The van der Waals surface area contributed by atoms with Crippen LogP contribution in [0.25, 0.3) is 0 Å². The molecule has 0 spiro atoms. The molecule has 0 radical (unpaired) electrons. The van der Waals surface area contributed by atoms with Crippen molar-refractivity contribution < 1.29 is 0 Å². The lowest BCUT2D eigenvalue weighted by atomic mass is 9.79. The molecule has 0 amide bonds. The standard InChI is InChI=1S/C11H17N3S.ClH/c1-2-10-12-11(15-13-10)9-7-14-5-3-8(9)4-6-14;/h8-9H,2-7H2,1H3;1H. The average molecular weight is 260 g/mol. The molecule has 1 aromatic rings. The van der Waals surface area contributed by atoms with Crippen LogP contribution in [0.1, 0.15) is 36.5 Å². The molecule has 16 heavy (non-hydrogen) atoms. The first-order valence-corrected chi connectivity index (χ1v) is 6.69. The molecule has 1 aromatic heterocycles. The van der Waals surface area contributed by atoms with E-state index in [0.29, 0.717) is 5.92 Å². The highest BCUT2D eigenvalue weighted by molar-refractivity contribution is 7.05. The second-order valence-corrected chi connectivity index (χ2v) is 5.43. The van der Waals surface area contributed by atoms with E-state index < -0.39 is 0 Å². The van der Waals surface area contributed by atoms with Crippen LogP contribution in [0.3, 0.4) is 0 Å². The topological polar surface area (TPSA) is 29.0 Å². The quantitative estimate of drug-likeness (QED) is 0.816. The van der Waals surface area contributed by atoms with Gasteiger partial charge in [-0.05, 0) is 43.4 Å². The fourth-order valence-electron chi connectivity index (χ4n) is 2.81. The van der Waals surface area contributed by atoms with E-state index in [1.54, 1.807) is 11.5 Å². The molecule has 3 saturated heterocycles. The minimum Gasteiger partial charge on any atom is -0.303 e. The predicted octanol–water partition coefficient (Wildman–Crippen LogP) is 2.33. The highest BCUT2D eigenvalue weighted by Gasteiger charge is 2.36. The van der Waals surface area contributed by atoms with Gasteiger partial charge in [-0.1, -0.05) is 6.92 Å². The fourth-order valence-corrected chi connectivity index (χ4v) is 3.72. The number of fused-ring (bicyclic) bond motifs is 3. The molecule has 0 aromatic carbocycles. The van der Waals surface area contributed by atoms with E-state index in [-0.39, 0.29) is 12.4 Å². The molecule has 3 fully saturated rings. The van der Waals surface area contributed by atoms with Gasteiger partial charge in [0.05, 0.1) is 0 Å². The Bertz CT molecular complexity index is 347. The van der Waals surface area contributed by atoms with Crippen LogP contribution in [0.2, 0.25) is 0 Å². The van der Waals surface area contributed by atoms with Crippen molar-refractivity contribution in [3.63, 3.8) is 0 Å². The van der Waals surface area contributed by atoms with Crippen molar-refractivity contribution in [3.05, 3.63) is 10.8 Å². The van der Waals surface area contributed by atoms with Gasteiger partial charge in [0, 0.05) is 18.9 Å². The van der Waals surface area contributed by atoms with Crippen LogP contribution < -0.4 is 0 Å². The van der Waals surface area contributed by atoms with Gasteiger partial charge < -0.3 is 4.90 Å². The molecular weight excluding hydrogens is 242 g/mol. The lowest BCUT2D eigenvalue weighted by molar-refractivity contribution is 0.0869.